The van der Waals surface area contributed by atoms with Gasteiger partial charge in [0.1, 0.15) is 5.82 Å². The predicted molar refractivity (Wildman–Crippen MR) is 63.3 cm³/mol. The predicted octanol–water partition coefficient (Wildman–Crippen LogP) is 2.96. The molecule has 0 aliphatic rings. The van der Waals surface area contributed by atoms with E-state index in [0.717, 1.165) is 12.8 Å². The molecule has 2 nitrogen and oxygen atoms in total. The van der Waals surface area contributed by atoms with E-state index >= 15 is 0 Å². The molecule has 1 N–H and O–H groups in total. The second-order valence-electron chi connectivity index (χ2n) is 3.56. The smallest absolute Gasteiger partial charge is 0.251 e. The van der Waals surface area contributed by atoms with E-state index in [1.165, 1.54) is 24.3 Å². The van der Waals surface area contributed by atoms with E-state index in [1.807, 2.05) is 6.92 Å². The summed E-state index contributed by atoms with van der Waals surface area (Å²) in [6.45, 7) is 2.54. The number of hydrogen-bond donors (Lipinski definition) is 1. The molecule has 4 heteroatoms. The molecule has 1 atom stereocenters. The summed E-state index contributed by atoms with van der Waals surface area (Å²) in [6, 6.07) is 5.46. The SMILES string of the molecule is CCC(Cl)CCNC(=O)c1ccc(F)cc1. The van der Waals surface area contributed by atoms with Gasteiger partial charge in [-0.2, -0.15) is 0 Å². The number of amides is 1. The molecule has 0 heterocycles. The molecule has 1 unspecified atom stereocenters. The van der Waals surface area contributed by atoms with Crippen LogP contribution in [0.15, 0.2) is 24.3 Å². The van der Waals surface area contributed by atoms with Crippen LogP contribution in [0.2, 0.25) is 0 Å². The van der Waals surface area contributed by atoms with E-state index in [2.05, 4.69) is 5.32 Å². The molecule has 1 amide bonds. The van der Waals surface area contributed by atoms with Crippen molar-refractivity contribution in [1.82, 2.24) is 5.32 Å². The van der Waals surface area contributed by atoms with Gasteiger partial charge in [-0.1, -0.05) is 6.92 Å². The van der Waals surface area contributed by atoms with Crippen molar-refractivity contribution < 1.29 is 9.18 Å². The second kappa shape index (κ2) is 6.48. The van der Waals surface area contributed by atoms with Crippen LogP contribution in [-0.4, -0.2) is 17.8 Å². The molecule has 0 aliphatic carbocycles. The summed E-state index contributed by atoms with van der Waals surface area (Å²) in [5, 5.41) is 2.83. The van der Waals surface area contributed by atoms with Crippen molar-refractivity contribution in [2.45, 2.75) is 25.1 Å². The Kier molecular flexibility index (Phi) is 5.26. The van der Waals surface area contributed by atoms with Gasteiger partial charge in [-0.15, -0.1) is 11.6 Å². The van der Waals surface area contributed by atoms with Gasteiger partial charge in [0.25, 0.3) is 5.91 Å². The molecule has 0 aliphatic heterocycles. The van der Waals surface area contributed by atoms with E-state index in [9.17, 15) is 9.18 Å². The molecule has 0 saturated carbocycles. The number of nitrogens with one attached hydrogen (secondary N) is 1. The number of hydrogen-bond acceptors (Lipinski definition) is 1. The van der Waals surface area contributed by atoms with Crippen molar-refractivity contribution in [2.75, 3.05) is 6.54 Å². The molecular weight excluding hydrogens is 229 g/mol. The summed E-state index contributed by atoms with van der Waals surface area (Å²) in [5.74, 6) is -0.539. The summed E-state index contributed by atoms with van der Waals surface area (Å²) >= 11 is 5.91. The number of rotatable bonds is 5. The summed E-state index contributed by atoms with van der Waals surface area (Å²) < 4.78 is 12.6. The lowest BCUT2D eigenvalue weighted by Crippen LogP contribution is -2.26. The van der Waals surface area contributed by atoms with Gasteiger partial charge >= 0.3 is 0 Å². The molecule has 1 rings (SSSR count). The largest absolute Gasteiger partial charge is 0.352 e. The fourth-order valence-corrected chi connectivity index (χ4v) is 1.36. The number of halogens is 2. The zero-order chi connectivity index (χ0) is 12.0. The second-order valence-corrected chi connectivity index (χ2v) is 4.17. The standard InChI is InChI=1S/C12H15ClFNO/c1-2-10(13)7-8-15-12(16)9-3-5-11(14)6-4-9/h3-6,10H,2,7-8H2,1H3,(H,15,16). The third kappa shape index (κ3) is 4.19. The number of carbonyl (C=O) groups is 1. The first kappa shape index (κ1) is 13.0. The minimum atomic E-state index is -0.344. The maximum Gasteiger partial charge on any atom is 0.251 e. The van der Waals surface area contributed by atoms with Crippen LogP contribution >= 0.6 is 11.6 Å². The van der Waals surface area contributed by atoms with Crippen LogP contribution in [0.3, 0.4) is 0 Å². The van der Waals surface area contributed by atoms with Crippen molar-refractivity contribution in [1.29, 1.82) is 0 Å². The first-order valence-corrected chi connectivity index (χ1v) is 5.75. The normalized spacial score (nSPS) is 12.2. The Balaban J connectivity index is 2.38. The molecule has 16 heavy (non-hydrogen) atoms. The number of alkyl halides is 1. The minimum absolute atomic E-state index is 0.0912. The van der Waals surface area contributed by atoms with Crippen LogP contribution in [0.5, 0.6) is 0 Å². The van der Waals surface area contributed by atoms with Gasteiger partial charge in [0.2, 0.25) is 0 Å². The van der Waals surface area contributed by atoms with E-state index < -0.39 is 0 Å². The minimum Gasteiger partial charge on any atom is -0.352 e. The molecule has 0 fully saturated rings. The van der Waals surface area contributed by atoms with Gasteiger partial charge < -0.3 is 5.32 Å². The van der Waals surface area contributed by atoms with Crippen molar-refractivity contribution in [2.24, 2.45) is 0 Å². The molecule has 1 aromatic carbocycles. The topological polar surface area (TPSA) is 29.1 Å². The fourth-order valence-electron chi connectivity index (χ4n) is 1.25. The average Bonchev–Trinajstić information content (AvgIpc) is 2.29. The highest BCUT2D eigenvalue weighted by atomic mass is 35.5. The molecule has 0 saturated heterocycles. The summed E-state index contributed by atoms with van der Waals surface area (Å²) in [6.07, 6.45) is 1.62. The van der Waals surface area contributed by atoms with Gasteiger partial charge in [-0.25, -0.2) is 4.39 Å². The summed E-state index contributed by atoms with van der Waals surface area (Å²) in [7, 11) is 0. The molecule has 0 radical (unpaired) electrons. The van der Waals surface area contributed by atoms with Crippen molar-refractivity contribution in [3.05, 3.63) is 35.6 Å². The van der Waals surface area contributed by atoms with Crippen LogP contribution in [0.1, 0.15) is 30.1 Å². The van der Waals surface area contributed by atoms with Gasteiger partial charge in [0, 0.05) is 17.5 Å². The summed E-state index contributed by atoms with van der Waals surface area (Å²) in [5.41, 5.74) is 0.462. The molecule has 88 valence electrons. The quantitative estimate of drug-likeness (QED) is 0.792. The highest BCUT2D eigenvalue weighted by molar-refractivity contribution is 6.20. The molecule has 0 bridgehead atoms. The van der Waals surface area contributed by atoms with Gasteiger partial charge in [-0.05, 0) is 37.1 Å². The van der Waals surface area contributed by atoms with Crippen LogP contribution in [0, 0.1) is 5.82 Å². The van der Waals surface area contributed by atoms with Gasteiger partial charge in [0.15, 0.2) is 0 Å². The molecule has 0 spiro atoms. The van der Waals surface area contributed by atoms with Gasteiger partial charge in [-0.3, -0.25) is 4.79 Å². The Labute approximate surface area is 99.8 Å². The zero-order valence-corrected chi connectivity index (χ0v) is 9.93. The van der Waals surface area contributed by atoms with E-state index in [4.69, 9.17) is 11.6 Å². The van der Waals surface area contributed by atoms with Crippen LogP contribution in [0.4, 0.5) is 4.39 Å². The molecule has 1 aromatic rings. The van der Waals surface area contributed by atoms with Crippen LogP contribution < -0.4 is 5.32 Å². The van der Waals surface area contributed by atoms with Crippen molar-refractivity contribution in [3.63, 3.8) is 0 Å². The lowest BCUT2D eigenvalue weighted by molar-refractivity contribution is 0.0953. The Morgan fingerprint density at radius 1 is 1.44 bits per heavy atom. The number of carbonyl (C=O) groups excluding carboxylic acids is 1. The van der Waals surface area contributed by atoms with Gasteiger partial charge in [0.05, 0.1) is 0 Å². The lowest BCUT2D eigenvalue weighted by Gasteiger charge is -2.07. The maximum atomic E-state index is 12.6. The first-order valence-electron chi connectivity index (χ1n) is 5.31. The monoisotopic (exact) mass is 243 g/mol. The van der Waals surface area contributed by atoms with E-state index in [-0.39, 0.29) is 17.1 Å². The fraction of sp³-hybridized carbons (Fsp3) is 0.417. The zero-order valence-electron chi connectivity index (χ0n) is 9.17. The van der Waals surface area contributed by atoms with E-state index in [1.54, 1.807) is 0 Å². The Hall–Kier alpha value is -1.09. The highest BCUT2D eigenvalue weighted by Gasteiger charge is 2.06. The molecule has 0 aromatic heterocycles. The molecular formula is C12H15ClFNO. The van der Waals surface area contributed by atoms with Crippen LogP contribution in [-0.2, 0) is 0 Å². The third-order valence-corrected chi connectivity index (χ3v) is 2.82. The average molecular weight is 244 g/mol. The number of benzene rings is 1. The Bertz CT molecular complexity index is 339. The Morgan fingerprint density at radius 3 is 2.62 bits per heavy atom. The summed E-state index contributed by atoms with van der Waals surface area (Å²) in [4.78, 5) is 11.5. The first-order chi connectivity index (χ1) is 7.63. The Morgan fingerprint density at radius 2 is 2.06 bits per heavy atom. The van der Waals surface area contributed by atoms with Crippen LogP contribution in [0.25, 0.3) is 0 Å². The van der Waals surface area contributed by atoms with Crippen molar-refractivity contribution >= 4 is 17.5 Å². The van der Waals surface area contributed by atoms with E-state index in [0.29, 0.717) is 12.1 Å². The lowest BCUT2D eigenvalue weighted by atomic mass is 10.2. The highest BCUT2D eigenvalue weighted by Crippen LogP contribution is 2.06. The van der Waals surface area contributed by atoms with Crippen molar-refractivity contribution in [3.8, 4) is 0 Å². The maximum absolute atomic E-state index is 12.6. The third-order valence-electron chi connectivity index (χ3n) is 2.29.